The molecule has 0 radical (unpaired) electrons. The van der Waals surface area contributed by atoms with Gasteiger partial charge in [-0.05, 0) is 12.8 Å². The summed E-state index contributed by atoms with van der Waals surface area (Å²) in [7, 11) is 0. The number of carboxylic acid groups (broad SMARTS) is 1. The van der Waals surface area contributed by atoms with E-state index in [4.69, 9.17) is 11.5 Å². The molecule has 19 heavy (non-hydrogen) atoms. The van der Waals surface area contributed by atoms with Crippen LogP contribution in [0.2, 0.25) is 0 Å². The lowest BCUT2D eigenvalue weighted by molar-refractivity contribution is -0.138. The second-order valence-electron chi connectivity index (χ2n) is 4.70. The Kier molecular flexibility index (Phi) is 6.57. The van der Waals surface area contributed by atoms with Gasteiger partial charge in [-0.2, -0.15) is 0 Å². The first-order valence-corrected chi connectivity index (χ1v) is 7.52. The van der Waals surface area contributed by atoms with Gasteiger partial charge in [0.25, 0.3) is 0 Å². The Balaban J connectivity index is 2.32. The molecule has 0 aromatic heterocycles. The van der Waals surface area contributed by atoms with Gasteiger partial charge >= 0.3 is 12.0 Å². The van der Waals surface area contributed by atoms with Crippen LogP contribution in [0.5, 0.6) is 0 Å². The van der Waals surface area contributed by atoms with E-state index < -0.39 is 11.5 Å². The van der Waals surface area contributed by atoms with Crippen molar-refractivity contribution in [1.82, 2.24) is 10.6 Å². The molecular weight excluding hydrogens is 264 g/mol. The van der Waals surface area contributed by atoms with Gasteiger partial charge < -0.3 is 15.7 Å². The molecule has 1 saturated carbocycles. The molecule has 0 unspecified atom stereocenters. The number of urea groups is 1. The molecule has 6 heteroatoms. The molecule has 0 aromatic rings. The normalized spacial score (nSPS) is 16.6. The number of nitrogens with one attached hydrogen (secondary N) is 2. The summed E-state index contributed by atoms with van der Waals surface area (Å²) in [5, 5.41) is 14.5. The van der Waals surface area contributed by atoms with Gasteiger partial charge in [0.1, 0.15) is 0 Å². The summed E-state index contributed by atoms with van der Waals surface area (Å²) < 4.78 is 0. The molecule has 1 fully saturated rings. The molecule has 3 N–H and O–H groups in total. The van der Waals surface area contributed by atoms with Crippen LogP contribution in [0.25, 0.3) is 0 Å². The Bertz CT molecular complexity index is 359. The van der Waals surface area contributed by atoms with Crippen molar-refractivity contribution in [2.24, 2.45) is 0 Å². The molecule has 0 heterocycles. The molecule has 1 aliphatic rings. The molecular formula is C13H20N2O3S. The van der Waals surface area contributed by atoms with E-state index in [-0.39, 0.29) is 12.5 Å². The van der Waals surface area contributed by atoms with Crippen LogP contribution < -0.4 is 10.6 Å². The second kappa shape index (κ2) is 7.95. The SMILES string of the molecule is C#CCSCCNC(=O)NC1(CC(=O)O)CCCC1. The first-order valence-electron chi connectivity index (χ1n) is 6.37. The molecule has 0 saturated heterocycles. The van der Waals surface area contributed by atoms with Gasteiger partial charge in [0.15, 0.2) is 0 Å². The summed E-state index contributed by atoms with van der Waals surface area (Å²) in [6.07, 6.45) is 8.51. The van der Waals surface area contributed by atoms with E-state index in [0.29, 0.717) is 12.3 Å². The molecule has 106 valence electrons. The molecule has 0 spiro atoms. The number of rotatable bonds is 7. The molecule has 2 amide bonds. The Morgan fingerprint density at radius 2 is 2.05 bits per heavy atom. The van der Waals surface area contributed by atoms with Crippen molar-refractivity contribution in [3.63, 3.8) is 0 Å². The number of aliphatic carboxylic acids is 1. The summed E-state index contributed by atoms with van der Waals surface area (Å²) in [6.45, 7) is 0.529. The van der Waals surface area contributed by atoms with Crippen LogP contribution in [0.3, 0.4) is 0 Å². The fourth-order valence-corrected chi connectivity index (χ4v) is 2.85. The topological polar surface area (TPSA) is 78.4 Å². The number of hydrogen-bond acceptors (Lipinski definition) is 3. The predicted octanol–water partition coefficient (Wildman–Crippen LogP) is 1.44. The predicted molar refractivity (Wildman–Crippen MR) is 76.1 cm³/mol. The van der Waals surface area contributed by atoms with Crippen molar-refractivity contribution in [1.29, 1.82) is 0 Å². The molecule has 0 bridgehead atoms. The first kappa shape index (κ1) is 15.7. The number of thioether (sulfide) groups is 1. The van der Waals surface area contributed by atoms with Gasteiger partial charge in [-0.1, -0.05) is 18.8 Å². The molecule has 5 nitrogen and oxygen atoms in total. The number of carboxylic acids is 1. The van der Waals surface area contributed by atoms with Crippen molar-refractivity contribution in [2.75, 3.05) is 18.1 Å². The molecule has 0 aromatic carbocycles. The average Bonchev–Trinajstić information content (AvgIpc) is 2.76. The van der Waals surface area contributed by atoms with Gasteiger partial charge in [-0.25, -0.2) is 4.79 Å². The molecule has 0 aliphatic heterocycles. The number of hydrogen-bond donors (Lipinski definition) is 3. The fraction of sp³-hybridized carbons (Fsp3) is 0.692. The highest BCUT2D eigenvalue weighted by atomic mass is 32.2. The average molecular weight is 284 g/mol. The molecule has 0 atom stereocenters. The highest BCUT2D eigenvalue weighted by Crippen LogP contribution is 2.32. The van der Waals surface area contributed by atoms with Crippen LogP contribution in [-0.4, -0.2) is 40.7 Å². The van der Waals surface area contributed by atoms with Crippen LogP contribution in [-0.2, 0) is 4.79 Å². The summed E-state index contributed by atoms with van der Waals surface area (Å²) in [4.78, 5) is 22.6. The van der Waals surface area contributed by atoms with Crippen molar-refractivity contribution in [3.8, 4) is 12.3 Å². The molecule has 1 rings (SSSR count). The minimum absolute atomic E-state index is 0.00768. The minimum atomic E-state index is -0.869. The van der Waals surface area contributed by atoms with Crippen molar-refractivity contribution >= 4 is 23.8 Å². The number of terminal acetylenes is 1. The van der Waals surface area contributed by atoms with Crippen LogP contribution >= 0.6 is 11.8 Å². The fourth-order valence-electron chi connectivity index (χ4n) is 2.34. The summed E-state index contributed by atoms with van der Waals surface area (Å²) in [5.74, 6) is 3.03. The zero-order chi connectivity index (χ0) is 14.1. The van der Waals surface area contributed by atoms with Crippen LogP contribution in [0.4, 0.5) is 4.79 Å². The van der Waals surface area contributed by atoms with E-state index in [1.54, 1.807) is 11.8 Å². The Hall–Kier alpha value is -1.35. The van der Waals surface area contributed by atoms with Gasteiger partial charge in [0, 0.05) is 12.3 Å². The van der Waals surface area contributed by atoms with E-state index in [9.17, 15) is 9.59 Å². The highest BCUT2D eigenvalue weighted by Gasteiger charge is 2.37. The third-order valence-electron chi connectivity index (χ3n) is 3.15. The van der Waals surface area contributed by atoms with E-state index in [0.717, 1.165) is 31.4 Å². The lowest BCUT2D eigenvalue weighted by Crippen LogP contribution is -2.52. The quantitative estimate of drug-likeness (QED) is 0.488. The third-order valence-corrected chi connectivity index (χ3v) is 4.01. The lowest BCUT2D eigenvalue weighted by Gasteiger charge is -2.28. The first-order chi connectivity index (χ1) is 9.08. The standard InChI is InChI=1S/C13H20N2O3S/c1-2-8-19-9-7-14-12(18)15-13(10-11(16)17)5-3-4-6-13/h1H,3-10H2,(H,16,17)(H2,14,15,18). The van der Waals surface area contributed by atoms with Gasteiger partial charge in [-0.3, -0.25) is 4.79 Å². The van der Waals surface area contributed by atoms with Gasteiger partial charge in [-0.15, -0.1) is 18.2 Å². The smallest absolute Gasteiger partial charge is 0.315 e. The summed E-state index contributed by atoms with van der Waals surface area (Å²) >= 11 is 1.57. The summed E-state index contributed by atoms with van der Waals surface area (Å²) in [5.41, 5.74) is -0.568. The maximum absolute atomic E-state index is 11.8. The van der Waals surface area contributed by atoms with Crippen molar-refractivity contribution in [3.05, 3.63) is 0 Å². The maximum Gasteiger partial charge on any atom is 0.315 e. The summed E-state index contributed by atoms with van der Waals surface area (Å²) in [6, 6.07) is -0.288. The Morgan fingerprint density at radius 3 is 2.63 bits per heavy atom. The van der Waals surface area contributed by atoms with Gasteiger partial charge in [0.2, 0.25) is 0 Å². The number of carbonyl (C=O) groups excluding carboxylic acids is 1. The Labute approximate surface area is 117 Å². The van der Waals surface area contributed by atoms with E-state index in [1.165, 1.54) is 0 Å². The van der Waals surface area contributed by atoms with E-state index >= 15 is 0 Å². The number of carbonyl (C=O) groups is 2. The number of amides is 2. The Morgan fingerprint density at radius 1 is 1.37 bits per heavy atom. The zero-order valence-corrected chi connectivity index (χ0v) is 11.7. The minimum Gasteiger partial charge on any atom is -0.481 e. The van der Waals surface area contributed by atoms with Crippen molar-refractivity contribution < 1.29 is 14.7 Å². The van der Waals surface area contributed by atoms with Crippen LogP contribution in [0.15, 0.2) is 0 Å². The van der Waals surface area contributed by atoms with Crippen LogP contribution in [0, 0.1) is 12.3 Å². The highest BCUT2D eigenvalue weighted by molar-refractivity contribution is 7.99. The van der Waals surface area contributed by atoms with Crippen LogP contribution in [0.1, 0.15) is 32.1 Å². The van der Waals surface area contributed by atoms with E-state index in [1.807, 2.05) is 0 Å². The molecule has 1 aliphatic carbocycles. The third kappa shape index (κ3) is 5.88. The zero-order valence-electron chi connectivity index (χ0n) is 10.9. The van der Waals surface area contributed by atoms with E-state index in [2.05, 4.69) is 16.6 Å². The van der Waals surface area contributed by atoms with Gasteiger partial charge in [0.05, 0.1) is 17.7 Å². The largest absolute Gasteiger partial charge is 0.481 e. The monoisotopic (exact) mass is 284 g/mol. The second-order valence-corrected chi connectivity index (χ2v) is 5.80. The lowest BCUT2D eigenvalue weighted by atomic mass is 9.93. The maximum atomic E-state index is 11.8. The van der Waals surface area contributed by atoms with Crippen molar-refractivity contribution in [2.45, 2.75) is 37.6 Å².